The minimum Gasteiger partial charge on any atom is -0.481 e. The number of carboxylic acids is 1. The summed E-state index contributed by atoms with van der Waals surface area (Å²) in [5.74, 6) is 0.142. The molecule has 1 heterocycles. The van der Waals surface area contributed by atoms with Crippen molar-refractivity contribution in [2.75, 3.05) is 18.1 Å². The standard InChI is InChI=1S/C10H17N3O4S/c1-6(12-10(11)17)9(16)13-2-3-18-5-7(13)4-8(14)15/h6-7H,2-5H2,1H3,(H,14,15)(H3,11,12,17). The van der Waals surface area contributed by atoms with Crippen molar-refractivity contribution in [1.82, 2.24) is 10.2 Å². The predicted molar refractivity (Wildman–Crippen MR) is 67.3 cm³/mol. The van der Waals surface area contributed by atoms with Gasteiger partial charge in [-0.05, 0) is 6.92 Å². The Morgan fingerprint density at radius 2 is 2.22 bits per heavy atom. The van der Waals surface area contributed by atoms with Crippen LogP contribution in [0.5, 0.6) is 0 Å². The van der Waals surface area contributed by atoms with Crippen LogP contribution in [0, 0.1) is 0 Å². The lowest BCUT2D eigenvalue weighted by Gasteiger charge is -2.36. The van der Waals surface area contributed by atoms with Crippen molar-refractivity contribution in [3.63, 3.8) is 0 Å². The number of hydrogen-bond acceptors (Lipinski definition) is 4. The molecule has 0 aliphatic carbocycles. The Bertz CT molecular complexity index is 350. The first-order valence-electron chi connectivity index (χ1n) is 5.57. The van der Waals surface area contributed by atoms with Gasteiger partial charge in [-0.3, -0.25) is 9.59 Å². The van der Waals surface area contributed by atoms with Crippen molar-refractivity contribution in [3.8, 4) is 0 Å². The fraction of sp³-hybridized carbons (Fsp3) is 0.700. The zero-order valence-electron chi connectivity index (χ0n) is 10.1. The van der Waals surface area contributed by atoms with E-state index < -0.39 is 18.0 Å². The van der Waals surface area contributed by atoms with Gasteiger partial charge in [0.15, 0.2) is 0 Å². The van der Waals surface area contributed by atoms with E-state index in [1.54, 1.807) is 11.8 Å². The van der Waals surface area contributed by atoms with Gasteiger partial charge in [-0.1, -0.05) is 0 Å². The number of thioether (sulfide) groups is 1. The van der Waals surface area contributed by atoms with Crippen molar-refractivity contribution < 1.29 is 19.5 Å². The van der Waals surface area contributed by atoms with E-state index in [4.69, 9.17) is 10.8 Å². The van der Waals surface area contributed by atoms with Gasteiger partial charge in [-0.15, -0.1) is 0 Å². The van der Waals surface area contributed by atoms with Gasteiger partial charge in [0, 0.05) is 18.1 Å². The molecule has 2 unspecified atom stereocenters. The second kappa shape index (κ2) is 6.48. The third kappa shape index (κ3) is 4.10. The lowest BCUT2D eigenvalue weighted by atomic mass is 10.1. The second-order valence-electron chi connectivity index (χ2n) is 4.09. The Morgan fingerprint density at radius 3 is 2.78 bits per heavy atom. The molecule has 102 valence electrons. The first-order chi connectivity index (χ1) is 8.41. The summed E-state index contributed by atoms with van der Waals surface area (Å²) in [5, 5.41) is 11.1. The second-order valence-corrected chi connectivity index (χ2v) is 5.24. The van der Waals surface area contributed by atoms with Crippen molar-refractivity contribution in [2.24, 2.45) is 5.73 Å². The average Bonchev–Trinajstić information content (AvgIpc) is 2.27. The molecule has 18 heavy (non-hydrogen) atoms. The van der Waals surface area contributed by atoms with Crippen LogP contribution in [0.3, 0.4) is 0 Å². The number of hydrogen-bond donors (Lipinski definition) is 3. The molecule has 7 nitrogen and oxygen atoms in total. The number of nitrogens with two attached hydrogens (primary N) is 1. The highest BCUT2D eigenvalue weighted by molar-refractivity contribution is 7.99. The number of rotatable bonds is 4. The normalized spacial score (nSPS) is 21.2. The van der Waals surface area contributed by atoms with Gasteiger partial charge >= 0.3 is 12.0 Å². The Kier molecular flexibility index (Phi) is 5.26. The van der Waals surface area contributed by atoms with Crippen LogP contribution >= 0.6 is 11.8 Å². The molecule has 0 radical (unpaired) electrons. The summed E-state index contributed by atoms with van der Waals surface area (Å²) in [4.78, 5) is 35.0. The van der Waals surface area contributed by atoms with E-state index >= 15 is 0 Å². The summed E-state index contributed by atoms with van der Waals surface area (Å²) in [7, 11) is 0. The summed E-state index contributed by atoms with van der Waals surface area (Å²) in [6.45, 7) is 2.03. The van der Waals surface area contributed by atoms with Crippen LogP contribution in [0.15, 0.2) is 0 Å². The van der Waals surface area contributed by atoms with Crippen LogP contribution in [0.1, 0.15) is 13.3 Å². The zero-order valence-corrected chi connectivity index (χ0v) is 10.9. The number of nitrogens with zero attached hydrogens (tertiary/aromatic N) is 1. The molecule has 4 N–H and O–H groups in total. The fourth-order valence-electron chi connectivity index (χ4n) is 1.84. The Morgan fingerprint density at radius 1 is 1.56 bits per heavy atom. The van der Waals surface area contributed by atoms with E-state index in [2.05, 4.69) is 5.32 Å². The third-order valence-corrected chi connectivity index (χ3v) is 3.74. The van der Waals surface area contributed by atoms with Crippen molar-refractivity contribution in [1.29, 1.82) is 0 Å². The molecule has 1 fully saturated rings. The number of carbonyl (C=O) groups is 3. The van der Waals surface area contributed by atoms with Crippen LogP contribution in [-0.4, -0.2) is 58.0 Å². The highest BCUT2D eigenvalue weighted by Gasteiger charge is 2.31. The van der Waals surface area contributed by atoms with E-state index in [1.807, 2.05) is 0 Å². The number of carbonyl (C=O) groups excluding carboxylic acids is 2. The average molecular weight is 275 g/mol. The van der Waals surface area contributed by atoms with E-state index in [9.17, 15) is 14.4 Å². The number of nitrogens with one attached hydrogen (secondary N) is 1. The van der Waals surface area contributed by atoms with Crippen molar-refractivity contribution in [2.45, 2.75) is 25.4 Å². The van der Waals surface area contributed by atoms with Gasteiger partial charge in [-0.25, -0.2) is 4.79 Å². The first-order valence-corrected chi connectivity index (χ1v) is 6.73. The topological polar surface area (TPSA) is 113 Å². The zero-order chi connectivity index (χ0) is 13.7. The molecule has 1 rings (SSSR count). The van der Waals surface area contributed by atoms with E-state index in [0.29, 0.717) is 12.3 Å². The lowest BCUT2D eigenvalue weighted by molar-refractivity contribution is -0.141. The maximum atomic E-state index is 12.1. The SMILES string of the molecule is CC(NC(N)=O)C(=O)N1CCSCC1CC(=O)O. The minimum atomic E-state index is -0.934. The molecular weight excluding hydrogens is 258 g/mol. The van der Waals surface area contributed by atoms with Crippen molar-refractivity contribution >= 4 is 29.7 Å². The van der Waals surface area contributed by atoms with Crippen molar-refractivity contribution in [3.05, 3.63) is 0 Å². The summed E-state index contributed by atoms with van der Waals surface area (Å²) in [6.07, 6.45) is -0.0813. The van der Waals surface area contributed by atoms with Gasteiger partial charge in [-0.2, -0.15) is 11.8 Å². The van der Waals surface area contributed by atoms with Gasteiger partial charge < -0.3 is 21.1 Å². The van der Waals surface area contributed by atoms with Gasteiger partial charge in [0.25, 0.3) is 0 Å². The molecule has 2 atom stereocenters. The Hall–Kier alpha value is -1.44. The molecule has 0 aromatic rings. The molecule has 0 bridgehead atoms. The third-order valence-electron chi connectivity index (χ3n) is 2.65. The molecular formula is C10H17N3O4S. The fourth-order valence-corrected chi connectivity index (χ4v) is 2.90. The maximum Gasteiger partial charge on any atom is 0.312 e. The molecule has 3 amide bonds. The number of aliphatic carboxylic acids is 1. The van der Waals surface area contributed by atoms with Crippen LogP contribution in [0.25, 0.3) is 0 Å². The smallest absolute Gasteiger partial charge is 0.312 e. The molecule has 0 saturated carbocycles. The minimum absolute atomic E-state index is 0.0813. The molecule has 0 spiro atoms. The number of amides is 3. The van der Waals surface area contributed by atoms with Crippen LogP contribution < -0.4 is 11.1 Å². The summed E-state index contributed by atoms with van der Waals surface area (Å²) < 4.78 is 0. The first kappa shape index (κ1) is 14.6. The predicted octanol–water partition coefficient (Wildman–Crippen LogP) is -0.538. The summed E-state index contributed by atoms with van der Waals surface area (Å²) >= 11 is 1.62. The van der Waals surface area contributed by atoms with Gasteiger partial charge in [0.1, 0.15) is 6.04 Å². The monoisotopic (exact) mass is 275 g/mol. The largest absolute Gasteiger partial charge is 0.481 e. The maximum absolute atomic E-state index is 12.1. The Balaban J connectivity index is 2.67. The molecule has 1 aliphatic heterocycles. The highest BCUT2D eigenvalue weighted by atomic mass is 32.2. The van der Waals surface area contributed by atoms with Crippen LogP contribution in [0.4, 0.5) is 4.79 Å². The highest BCUT2D eigenvalue weighted by Crippen LogP contribution is 2.19. The molecule has 8 heteroatoms. The Labute approximate surface area is 109 Å². The van der Waals surface area contributed by atoms with Gasteiger partial charge in [0.05, 0.1) is 12.5 Å². The van der Waals surface area contributed by atoms with Crippen LogP contribution in [0.2, 0.25) is 0 Å². The molecule has 1 saturated heterocycles. The number of primary amides is 1. The molecule has 1 aliphatic rings. The van der Waals surface area contributed by atoms with E-state index in [0.717, 1.165) is 5.75 Å². The quantitative estimate of drug-likeness (QED) is 0.638. The number of carboxylic acid groups (broad SMARTS) is 1. The van der Waals surface area contributed by atoms with Crippen LogP contribution in [-0.2, 0) is 9.59 Å². The summed E-state index contributed by atoms with van der Waals surface area (Å²) in [5.41, 5.74) is 4.96. The molecule has 0 aromatic heterocycles. The van der Waals surface area contributed by atoms with E-state index in [-0.39, 0.29) is 18.4 Å². The number of urea groups is 1. The van der Waals surface area contributed by atoms with E-state index in [1.165, 1.54) is 11.8 Å². The summed E-state index contributed by atoms with van der Waals surface area (Å²) in [6, 6.07) is -1.83. The molecule has 0 aromatic carbocycles. The van der Waals surface area contributed by atoms with Gasteiger partial charge in [0.2, 0.25) is 5.91 Å². The lowest BCUT2D eigenvalue weighted by Crippen LogP contribution is -2.54.